The van der Waals surface area contributed by atoms with Gasteiger partial charge >= 0.3 is 0 Å². The fraction of sp³-hybridized carbons (Fsp3) is 0.750. The zero-order chi connectivity index (χ0) is 7.94. The van der Waals surface area contributed by atoms with E-state index in [9.17, 15) is 0 Å². The van der Waals surface area contributed by atoms with Crippen molar-refractivity contribution in [3.63, 3.8) is 0 Å². The highest BCUT2D eigenvalue weighted by atomic mass is 16.7. The molecule has 0 amide bonds. The number of hydrogen-bond donors (Lipinski definition) is 0. The van der Waals surface area contributed by atoms with Gasteiger partial charge in [0.05, 0.1) is 26.3 Å². The normalized spacial score (nSPS) is 20.8. The van der Waals surface area contributed by atoms with E-state index in [4.69, 9.17) is 9.57 Å². The summed E-state index contributed by atoms with van der Waals surface area (Å²) in [4.78, 5) is 5.30. The molecule has 0 aromatic carbocycles. The van der Waals surface area contributed by atoms with Gasteiger partial charge in [-0.15, -0.1) is 5.06 Å². The van der Waals surface area contributed by atoms with E-state index in [2.05, 4.69) is 6.92 Å². The monoisotopic (exact) mass is 157 g/mol. The second kappa shape index (κ2) is 5.16. The molecule has 0 radical (unpaired) electrons. The first-order valence-corrected chi connectivity index (χ1v) is 4.08. The predicted octanol–water partition coefficient (Wildman–Crippen LogP) is 1.17. The van der Waals surface area contributed by atoms with Crippen molar-refractivity contribution in [3.05, 3.63) is 12.3 Å². The Morgan fingerprint density at radius 3 is 2.82 bits per heavy atom. The second-order valence-corrected chi connectivity index (χ2v) is 2.43. The smallest absolute Gasteiger partial charge is 0.107 e. The van der Waals surface area contributed by atoms with Crippen LogP contribution >= 0.6 is 0 Å². The lowest BCUT2D eigenvalue weighted by Crippen LogP contribution is -2.34. The van der Waals surface area contributed by atoms with Crippen molar-refractivity contribution >= 4 is 0 Å². The Morgan fingerprint density at radius 2 is 2.18 bits per heavy atom. The molecule has 3 nitrogen and oxygen atoms in total. The van der Waals surface area contributed by atoms with Crippen LogP contribution in [0, 0.1) is 0 Å². The van der Waals surface area contributed by atoms with Gasteiger partial charge in [0.25, 0.3) is 0 Å². The maximum atomic E-state index is 5.30. The van der Waals surface area contributed by atoms with Crippen molar-refractivity contribution in [1.29, 1.82) is 0 Å². The SMILES string of the molecule is CCC=CON1CCOCC1. The summed E-state index contributed by atoms with van der Waals surface area (Å²) in [7, 11) is 0. The number of rotatable bonds is 3. The zero-order valence-corrected chi connectivity index (χ0v) is 6.95. The van der Waals surface area contributed by atoms with E-state index in [1.54, 1.807) is 6.26 Å². The lowest BCUT2D eigenvalue weighted by Gasteiger charge is -2.24. The van der Waals surface area contributed by atoms with Gasteiger partial charge in [-0.25, -0.2) is 0 Å². The molecule has 0 aliphatic carbocycles. The molecule has 0 saturated carbocycles. The number of hydroxylamine groups is 2. The van der Waals surface area contributed by atoms with E-state index in [1.807, 2.05) is 11.1 Å². The van der Waals surface area contributed by atoms with Gasteiger partial charge in [-0.3, -0.25) is 0 Å². The van der Waals surface area contributed by atoms with Gasteiger partial charge in [0.2, 0.25) is 0 Å². The number of morpholine rings is 1. The Kier molecular flexibility index (Phi) is 4.01. The Morgan fingerprint density at radius 1 is 1.45 bits per heavy atom. The van der Waals surface area contributed by atoms with Crippen molar-refractivity contribution in [2.75, 3.05) is 26.3 Å². The molecular weight excluding hydrogens is 142 g/mol. The molecule has 0 aromatic heterocycles. The zero-order valence-electron chi connectivity index (χ0n) is 6.95. The number of nitrogens with zero attached hydrogens (tertiary/aromatic N) is 1. The Balaban J connectivity index is 2.09. The van der Waals surface area contributed by atoms with Crippen molar-refractivity contribution in [2.24, 2.45) is 0 Å². The van der Waals surface area contributed by atoms with Gasteiger partial charge in [-0.1, -0.05) is 6.92 Å². The molecule has 1 fully saturated rings. The van der Waals surface area contributed by atoms with Gasteiger partial charge < -0.3 is 9.57 Å². The first-order valence-electron chi connectivity index (χ1n) is 4.08. The van der Waals surface area contributed by atoms with Gasteiger partial charge in [0, 0.05) is 0 Å². The van der Waals surface area contributed by atoms with Crippen LogP contribution in [0.3, 0.4) is 0 Å². The molecule has 0 N–H and O–H groups in total. The minimum atomic E-state index is 0.778. The fourth-order valence-corrected chi connectivity index (χ4v) is 0.877. The maximum Gasteiger partial charge on any atom is 0.107 e. The van der Waals surface area contributed by atoms with Crippen LogP contribution in [0.2, 0.25) is 0 Å². The van der Waals surface area contributed by atoms with Crippen LogP contribution in [0.1, 0.15) is 13.3 Å². The van der Waals surface area contributed by atoms with E-state index in [0.717, 1.165) is 32.7 Å². The molecule has 3 heteroatoms. The molecule has 1 aliphatic heterocycles. The molecular formula is C8H15NO2. The lowest BCUT2D eigenvalue weighted by atomic mass is 10.5. The van der Waals surface area contributed by atoms with Crippen LogP contribution in [0.4, 0.5) is 0 Å². The highest BCUT2D eigenvalue weighted by Gasteiger charge is 2.08. The summed E-state index contributed by atoms with van der Waals surface area (Å²) in [5.41, 5.74) is 0. The van der Waals surface area contributed by atoms with Crippen molar-refractivity contribution in [2.45, 2.75) is 13.3 Å². The van der Waals surface area contributed by atoms with Gasteiger partial charge in [-0.05, 0) is 12.5 Å². The third-order valence-corrected chi connectivity index (χ3v) is 1.51. The largest absolute Gasteiger partial charge is 0.414 e. The summed E-state index contributed by atoms with van der Waals surface area (Å²) in [5, 5.41) is 1.91. The molecule has 64 valence electrons. The average Bonchev–Trinajstić information content (AvgIpc) is 2.07. The summed E-state index contributed by atoms with van der Waals surface area (Å²) >= 11 is 0. The molecule has 1 heterocycles. The van der Waals surface area contributed by atoms with Gasteiger partial charge in [0.15, 0.2) is 0 Å². The van der Waals surface area contributed by atoms with Crippen molar-refractivity contribution in [1.82, 2.24) is 5.06 Å². The molecule has 1 rings (SSSR count). The average molecular weight is 157 g/mol. The maximum absolute atomic E-state index is 5.30. The second-order valence-electron chi connectivity index (χ2n) is 2.43. The van der Waals surface area contributed by atoms with E-state index >= 15 is 0 Å². The van der Waals surface area contributed by atoms with Crippen molar-refractivity contribution < 1.29 is 9.57 Å². The fourth-order valence-electron chi connectivity index (χ4n) is 0.877. The summed E-state index contributed by atoms with van der Waals surface area (Å²) < 4.78 is 5.16. The van der Waals surface area contributed by atoms with Gasteiger partial charge in [0.1, 0.15) is 6.26 Å². The molecule has 0 spiro atoms. The van der Waals surface area contributed by atoms with Crippen LogP contribution in [0.15, 0.2) is 12.3 Å². The molecule has 0 atom stereocenters. The standard InChI is InChI=1S/C8H15NO2/c1-2-3-6-11-9-4-7-10-8-5-9/h3,6H,2,4-5,7-8H2,1H3. The summed E-state index contributed by atoms with van der Waals surface area (Å²) in [6, 6.07) is 0. The first kappa shape index (κ1) is 8.56. The molecule has 11 heavy (non-hydrogen) atoms. The van der Waals surface area contributed by atoms with Crippen LogP contribution < -0.4 is 0 Å². The molecule has 0 unspecified atom stereocenters. The Bertz CT molecular complexity index is 119. The minimum absolute atomic E-state index is 0.778. The lowest BCUT2D eigenvalue weighted by molar-refractivity contribution is -0.151. The van der Waals surface area contributed by atoms with E-state index in [-0.39, 0.29) is 0 Å². The third-order valence-electron chi connectivity index (χ3n) is 1.51. The highest BCUT2D eigenvalue weighted by Crippen LogP contribution is 1.97. The summed E-state index contributed by atoms with van der Waals surface area (Å²) in [5.74, 6) is 0. The Hall–Kier alpha value is -0.540. The van der Waals surface area contributed by atoms with E-state index in [0.29, 0.717) is 0 Å². The van der Waals surface area contributed by atoms with E-state index in [1.165, 1.54) is 0 Å². The highest BCUT2D eigenvalue weighted by molar-refractivity contribution is 4.70. The molecule has 0 bridgehead atoms. The van der Waals surface area contributed by atoms with E-state index < -0.39 is 0 Å². The number of ether oxygens (including phenoxy) is 1. The van der Waals surface area contributed by atoms with Crippen molar-refractivity contribution in [3.8, 4) is 0 Å². The molecule has 0 aromatic rings. The topological polar surface area (TPSA) is 21.7 Å². The van der Waals surface area contributed by atoms with Crippen LogP contribution in [-0.2, 0) is 9.57 Å². The third kappa shape index (κ3) is 3.39. The quantitative estimate of drug-likeness (QED) is 0.574. The first-order chi connectivity index (χ1) is 5.43. The van der Waals surface area contributed by atoms with Gasteiger partial charge in [-0.2, -0.15) is 0 Å². The molecule has 1 aliphatic rings. The molecule has 1 saturated heterocycles. The predicted molar refractivity (Wildman–Crippen MR) is 42.9 cm³/mol. The number of hydrogen-bond acceptors (Lipinski definition) is 3. The van der Waals surface area contributed by atoms with Crippen LogP contribution in [-0.4, -0.2) is 31.4 Å². The minimum Gasteiger partial charge on any atom is -0.414 e. The number of allylic oxidation sites excluding steroid dienone is 1. The van der Waals surface area contributed by atoms with Crippen LogP contribution in [0.5, 0.6) is 0 Å². The summed E-state index contributed by atoms with van der Waals surface area (Å²) in [6.07, 6.45) is 4.76. The summed E-state index contributed by atoms with van der Waals surface area (Å²) in [6.45, 7) is 5.38. The van der Waals surface area contributed by atoms with Crippen LogP contribution in [0.25, 0.3) is 0 Å². The Labute approximate surface area is 67.5 Å².